The first-order chi connectivity index (χ1) is 12.5. The SMILES string of the molecule is CC(C)Cc1ccc([C@@H](C)C(=O)O)cc1.NC(N)=NCCC[C@@H](N)C(=O)O. The standard InChI is InChI=1S/C13H18O2.C6H14N4O2/c1-9(2)8-11-4-6-12(7-5-11)10(3)13(14)15;7-4(5(11)12)2-1-3-10-6(8)9/h4-7,9-10H,8H2,1-3H3,(H,14,15);4H,1-3,7H2,(H,11,12)(H4,8,9,10)/t10-;4-/m11/s1. The molecule has 0 unspecified atom stereocenters. The number of rotatable bonds is 9. The number of hydrogen-bond donors (Lipinski definition) is 5. The maximum absolute atomic E-state index is 10.8. The Labute approximate surface area is 160 Å². The van der Waals surface area contributed by atoms with E-state index < -0.39 is 23.9 Å². The summed E-state index contributed by atoms with van der Waals surface area (Å²) in [6, 6.07) is 7.05. The minimum Gasteiger partial charge on any atom is -0.481 e. The third-order valence-corrected chi connectivity index (χ3v) is 3.78. The molecule has 0 fully saturated rings. The maximum atomic E-state index is 10.8. The van der Waals surface area contributed by atoms with Crippen LogP contribution in [0.3, 0.4) is 0 Å². The average Bonchev–Trinajstić information content (AvgIpc) is 2.58. The lowest BCUT2D eigenvalue weighted by Gasteiger charge is -2.09. The topological polar surface area (TPSA) is 165 Å². The Morgan fingerprint density at radius 2 is 1.59 bits per heavy atom. The molecule has 0 bridgehead atoms. The fourth-order valence-corrected chi connectivity index (χ4v) is 2.20. The summed E-state index contributed by atoms with van der Waals surface area (Å²) in [6.07, 6.45) is 2.00. The third kappa shape index (κ3) is 11.6. The molecule has 2 atom stereocenters. The number of benzene rings is 1. The smallest absolute Gasteiger partial charge is 0.320 e. The van der Waals surface area contributed by atoms with E-state index in [0.29, 0.717) is 25.3 Å². The predicted octanol–water partition coefficient (Wildman–Crippen LogP) is 1.53. The first-order valence-electron chi connectivity index (χ1n) is 8.90. The van der Waals surface area contributed by atoms with Crippen LogP contribution in [0, 0.1) is 5.92 Å². The molecular weight excluding hydrogens is 348 g/mol. The van der Waals surface area contributed by atoms with Crippen LogP contribution in [0.1, 0.15) is 50.7 Å². The van der Waals surface area contributed by atoms with E-state index in [2.05, 4.69) is 18.8 Å². The van der Waals surface area contributed by atoms with Gasteiger partial charge in [-0.2, -0.15) is 0 Å². The summed E-state index contributed by atoms with van der Waals surface area (Å²) in [5, 5.41) is 17.2. The number of guanidine groups is 1. The van der Waals surface area contributed by atoms with Crippen molar-refractivity contribution < 1.29 is 19.8 Å². The highest BCUT2D eigenvalue weighted by atomic mass is 16.4. The molecule has 1 aromatic carbocycles. The lowest BCUT2D eigenvalue weighted by atomic mass is 9.97. The monoisotopic (exact) mass is 380 g/mol. The number of hydrogen-bond acceptors (Lipinski definition) is 4. The van der Waals surface area contributed by atoms with Crippen molar-refractivity contribution in [2.24, 2.45) is 28.1 Å². The van der Waals surface area contributed by atoms with Crippen molar-refractivity contribution >= 4 is 17.9 Å². The number of aliphatic imine (C=N–C) groups is 1. The molecule has 0 heterocycles. The van der Waals surface area contributed by atoms with Crippen LogP contribution in [0.5, 0.6) is 0 Å². The molecule has 0 aromatic heterocycles. The molecule has 0 aliphatic rings. The van der Waals surface area contributed by atoms with Gasteiger partial charge < -0.3 is 27.4 Å². The summed E-state index contributed by atoms with van der Waals surface area (Å²) < 4.78 is 0. The van der Waals surface area contributed by atoms with Crippen molar-refractivity contribution in [1.29, 1.82) is 0 Å². The second-order valence-electron chi connectivity index (χ2n) is 6.79. The van der Waals surface area contributed by atoms with E-state index in [-0.39, 0.29) is 5.96 Å². The highest BCUT2D eigenvalue weighted by Crippen LogP contribution is 2.17. The fourth-order valence-electron chi connectivity index (χ4n) is 2.20. The van der Waals surface area contributed by atoms with Crippen molar-refractivity contribution in [2.75, 3.05) is 6.54 Å². The van der Waals surface area contributed by atoms with Crippen LogP contribution in [0.4, 0.5) is 0 Å². The first kappa shape index (κ1) is 24.4. The van der Waals surface area contributed by atoms with Gasteiger partial charge >= 0.3 is 11.9 Å². The molecule has 0 aliphatic carbocycles. The highest BCUT2D eigenvalue weighted by molar-refractivity contribution is 5.76. The Balaban J connectivity index is 0.000000516. The number of aliphatic carboxylic acids is 2. The molecule has 8 heteroatoms. The van der Waals surface area contributed by atoms with Crippen LogP contribution >= 0.6 is 0 Å². The second kappa shape index (κ2) is 12.7. The van der Waals surface area contributed by atoms with E-state index in [0.717, 1.165) is 12.0 Å². The molecule has 1 aromatic rings. The summed E-state index contributed by atoms with van der Waals surface area (Å²) in [4.78, 5) is 24.7. The van der Waals surface area contributed by atoms with Gasteiger partial charge in [-0.25, -0.2) is 0 Å². The van der Waals surface area contributed by atoms with E-state index >= 15 is 0 Å². The fraction of sp³-hybridized carbons (Fsp3) is 0.526. The molecule has 0 amide bonds. The van der Waals surface area contributed by atoms with Crippen molar-refractivity contribution in [3.05, 3.63) is 35.4 Å². The van der Waals surface area contributed by atoms with Gasteiger partial charge in [0.2, 0.25) is 0 Å². The van der Waals surface area contributed by atoms with Crippen LogP contribution in [0.2, 0.25) is 0 Å². The van der Waals surface area contributed by atoms with E-state index in [1.54, 1.807) is 6.92 Å². The molecule has 1 rings (SSSR count). The largest absolute Gasteiger partial charge is 0.481 e. The maximum Gasteiger partial charge on any atom is 0.320 e. The van der Waals surface area contributed by atoms with E-state index in [1.165, 1.54) is 5.56 Å². The van der Waals surface area contributed by atoms with Crippen LogP contribution in [-0.4, -0.2) is 40.7 Å². The molecule has 0 radical (unpaired) electrons. The second-order valence-corrected chi connectivity index (χ2v) is 6.79. The van der Waals surface area contributed by atoms with Crippen molar-refractivity contribution in [1.82, 2.24) is 0 Å². The van der Waals surface area contributed by atoms with Crippen LogP contribution in [0.15, 0.2) is 29.3 Å². The summed E-state index contributed by atoms with van der Waals surface area (Å²) in [7, 11) is 0. The summed E-state index contributed by atoms with van der Waals surface area (Å²) >= 11 is 0. The van der Waals surface area contributed by atoms with Gasteiger partial charge in [0.1, 0.15) is 6.04 Å². The number of nitrogens with two attached hydrogens (primary N) is 3. The third-order valence-electron chi connectivity index (χ3n) is 3.78. The number of nitrogens with zero attached hydrogens (tertiary/aromatic N) is 1. The normalized spacial score (nSPS) is 12.5. The lowest BCUT2D eigenvalue weighted by molar-refractivity contribution is -0.139. The number of carbonyl (C=O) groups is 2. The first-order valence-corrected chi connectivity index (χ1v) is 8.90. The van der Waals surface area contributed by atoms with Crippen molar-refractivity contribution in [2.45, 2.75) is 52.0 Å². The lowest BCUT2D eigenvalue weighted by Crippen LogP contribution is -2.30. The van der Waals surface area contributed by atoms with Gasteiger partial charge in [-0.15, -0.1) is 0 Å². The molecule has 27 heavy (non-hydrogen) atoms. The Kier molecular flexibility index (Phi) is 11.5. The Hall–Kier alpha value is -2.61. The zero-order valence-corrected chi connectivity index (χ0v) is 16.3. The molecule has 0 saturated heterocycles. The zero-order chi connectivity index (χ0) is 21.0. The summed E-state index contributed by atoms with van der Waals surface area (Å²) in [5.41, 5.74) is 17.5. The van der Waals surface area contributed by atoms with E-state index in [1.807, 2.05) is 24.3 Å². The molecular formula is C19H32N4O4. The van der Waals surface area contributed by atoms with Gasteiger partial charge in [0.05, 0.1) is 5.92 Å². The van der Waals surface area contributed by atoms with Crippen LogP contribution in [-0.2, 0) is 16.0 Å². The Bertz CT molecular complexity index is 611. The van der Waals surface area contributed by atoms with E-state index in [4.69, 9.17) is 27.4 Å². The van der Waals surface area contributed by atoms with Gasteiger partial charge in [-0.1, -0.05) is 38.1 Å². The van der Waals surface area contributed by atoms with Gasteiger partial charge in [0.15, 0.2) is 5.96 Å². The van der Waals surface area contributed by atoms with Gasteiger partial charge in [0.25, 0.3) is 0 Å². The van der Waals surface area contributed by atoms with Gasteiger partial charge in [0, 0.05) is 6.54 Å². The minimum atomic E-state index is -1.00. The highest BCUT2D eigenvalue weighted by Gasteiger charge is 2.13. The Morgan fingerprint density at radius 3 is 2.00 bits per heavy atom. The average molecular weight is 380 g/mol. The van der Waals surface area contributed by atoms with Crippen LogP contribution < -0.4 is 17.2 Å². The molecule has 0 aliphatic heterocycles. The van der Waals surface area contributed by atoms with Crippen molar-refractivity contribution in [3.8, 4) is 0 Å². The molecule has 0 spiro atoms. The molecule has 152 valence electrons. The minimum absolute atomic E-state index is 0.0129. The number of carboxylic acids is 2. The molecule has 8 nitrogen and oxygen atoms in total. The molecule has 8 N–H and O–H groups in total. The predicted molar refractivity (Wildman–Crippen MR) is 107 cm³/mol. The van der Waals surface area contributed by atoms with Gasteiger partial charge in [-0.3, -0.25) is 14.6 Å². The Morgan fingerprint density at radius 1 is 1.04 bits per heavy atom. The van der Waals surface area contributed by atoms with Crippen molar-refractivity contribution in [3.63, 3.8) is 0 Å². The van der Waals surface area contributed by atoms with E-state index in [9.17, 15) is 9.59 Å². The quantitative estimate of drug-likeness (QED) is 0.246. The summed E-state index contributed by atoms with van der Waals surface area (Å²) in [5.74, 6) is -1.55. The van der Waals surface area contributed by atoms with Crippen LogP contribution in [0.25, 0.3) is 0 Å². The summed E-state index contributed by atoms with van der Waals surface area (Å²) in [6.45, 7) is 6.48. The molecule has 0 saturated carbocycles. The zero-order valence-electron chi connectivity index (χ0n) is 16.3. The number of carboxylic acid groups (broad SMARTS) is 2. The van der Waals surface area contributed by atoms with Gasteiger partial charge in [-0.05, 0) is 43.2 Å².